The van der Waals surface area contributed by atoms with Crippen LogP contribution >= 0.6 is 0 Å². The molecule has 0 aliphatic rings. The standard InChI is InChI=1S/C16H24N2O3/c1-4-13-5-7-14(8-6-13)9-10-17-16(21)18(3)11-12(2)15(19)20/h5-8,12H,4,9-11H2,1-3H3,(H,17,21)(H,19,20). The maximum absolute atomic E-state index is 11.8. The van der Waals surface area contributed by atoms with Crippen molar-refractivity contribution in [3.05, 3.63) is 35.4 Å². The van der Waals surface area contributed by atoms with E-state index in [1.165, 1.54) is 16.0 Å². The van der Waals surface area contributed by atoms with Crippen LogP contribution in [0, 0.1) is 5.92 Å². The Kier molecular flexibility index (Phi) is 6.72. The fourth-order valence-electron chi connectivity index (χ4n) is 1.96. The number of aliphatic carboxylic acids is 1. The van der Waals surface area contributed by atoms with Gasteiger partial charge in [0, 0.05) is 20.1 Å². The summed E-state index contributed by atoms with van der Waals surface area (Å²) in [5.74, 6) is -1.46. The summed E-state index contributed by atoms with van der Waals surface area (Å²) in [7, 11) is 1.60. The van der Waals surface area contributed by atoms with Crippen molar-refractivity contribution in [3.63, 3.8) is 0 Å². The number of carbonyl (C=O) groups excluding carboxylic acids is 1. The monoisotopic (exact) mass is 292 g/mol. The van der Waals surface area contributed by atoms with Gasteiger partial charge in [-0.05, 0) is 24.0 Å². The van der Waals surface area contributed by atoms with Gasteiger partial charge >= 0.3 is 12.0 Å². The number of carbonyl (C=O) groups is 2. The van der Waals surface area contributed by atoms with Gasteiger partial charge in [0.15, 0.2) is 0 Å². The van der Waals surface area contributed by atoms with E-state index in [9.17, 15) is 9.59 Å². The molecule has 116 valence electrons. The van der Waals surface area contributed by atoms with E-state index in [-0.39, 0.29) is 12.6 Å². The molecule has 0 fully saturated rings. The Hall–Kier alpha value is -2.04. The molecule has 0 aromatic heterocycles. The summed E-state index contributed by atoms with van der Waals surface area (Å²) in [6.45, 7) is 4.44. The molecule has 5 heteroatoms. The molecule has 0 heterocycles. The number of amides is 2. The van der Waals surface area contributed by atoms with Gasteiger partial charge in [-0.1, -0.05) is 38.1 Å². The van der Waals surface area contributed by atoms with Crippen LogP contribution in [0.4, 0.5) is 4.79 Å². The van der Waals surface area contributed by atoms with E-state index in [0.717, 1.165) is 12.8 Å². The van der Waals surface area contributed by atoms with Crippen LogP contribution in [0.25, 0.3) is 0 Å². The topological polar surface area (TPSA) is 69.6 Å². The van der Waals surface area contributed by atoms with Crippen molar-refractivity contribution >= 4 is 12.0 Å². The minimum Gasteiger partial charge on any atom is -0.481 e. The molecule has 0 aliphatic carbocycles. The minimum absolute atomic E-state index is 0.201. The number of carboxylic acid groups (broad SMARTS) is 1. The molecule has 1 aromatic carbocycles. The van der Waals surface area contributed by atoms with Gasteiger partial charge in [-0.15, -0.1) is 0 Å². The van der Waals surface area contributed by atoms with E-state index in [1.807, 2.05) is 0 Å². The predicted octanol–water partition coefficient (Wildman–Crippen LogP) is 2.15. The van der Waals surface area contributed by atoms with Crippen LogP contribution in [0.15, 0.2) is 24.3 Å². The minimum atomic E-state index is -0.898. The fraction of sp³-hybridized carbons (Fsp3) is 0.500. The molecule has 0 saturated heterocycles. The molecular weight excluding hydrogens is 268 g/mol. The lowest BCUT2D eigenvalue weighted by Crippen LogP contribution is -2.41. The molecule has 1 aromatic rings. The number of hydrogen-bond donors (Lipinski definition) is 2. The fourth-order valence-corrected chi connectivity index (χ4v) is 1.96. The molecule has 2 amide bonds. The van der Waals surface area contributed by atoms with Gasteiger partial charge in [0.25, 0.3) is 0 Å². The van der Waals surface area contributed by atoms with Gasteiger partial charge in [0.2, 0.25) is 0 Å². The second kappa shape index (κ2) is 8.29. The SMILES string of the molecule is CCc1ccc(CCNC(=O)N(C)CC(C)C(=O)O)cc1. The number of carboxylic acids is 1. The highest BCUT2D eigenvalue weighted by atomic mass is 16.4. The Bertz CT molecular complexity index is 471. The lowest BCUT2D eigenvalue weighted by atomic mass is 10.1. The third kappa shape index (κ3) is 5.85. The normalized spacial score (nSPS) is 11.8. The molecular formula is C16H24N2O3. The summed E-state index contributed by atoms with van der Waals surface area (Å²) in [6, 6.07) is 8.09. The molecule has 5 nitrogen and oxygen atoms in total. The van der Waals surface area contributed by atoms with Crippen LogP contribution in [0.5, 0.6) is 0 Å². The number of urea groups is 1. The number of nitrogens with one attached hydrogen (secondary N) is 1. The van der Waals surface area contributed by atoms with Crippen LogP contribution in [-0.4, -0.2) is 42.1 Å². The second-order valence-electron chi connectivity index (χ2n) is 5.27. The average Bonchev–Trinajstić information content (AvgIpc) is 2.47. The summed E-state index contributed by atoms with van der Waals surface area (Å²) in [6.07, 6.45) is 1.78. The van der Waals surface area contributed by atoms with Crippen molar-refractivity contribution in [2.45, 2.75) is 26.7 Å². The van der Waals surface area contributed by atoms with E-state index >= 15 is 0 Å². The highest BCUT2D eigenvalue weighted by Crippen LogP contribution is 2.05. The Morgan fingerprint density at radius 1 is 1.24 bits per heavy atom. The maximum Gasteiger partial charge on any atom is 0.317 e. The van der Waals surface area contributed by atoms with Crippen molar-refractivity contribution in [2.24, 2.45) is 5.92 Å². The molecule has 1 atom stereocenters. The van der Waals surface area contributed by atoms with Crippen molar-refractivity contribution in [2.75, 3.05) is 20.1 Å². The number of hydrogen-bond acceptors (Lipinski definition) is 2. The number of rotatable bonds is 7. The van der Waals surface area contributed by atoms with E-state index in [2.05, 4.69) is 36.5 Å². The van der Waals surface area contributed by atoms with Gasteiger partial charge in [-0.2, -0.15) is 0 Å². The summed E-state index contributed by atoms with van der Waals surface area (Å²) in [4.78, 5) is 24.0. The first kappa shape index (κ1) is 17.0. The van der Waals surface area contributed by atoms with Crippen molar-refractivity contribution < 1.29 is 14.7 Å². The quantitative estimate of drug-likeness (QED) is 0.809. The van der Waals surface area contributed by atoms with Crippen LogP contribution < -0.4 is 5.32 Å². The Labute approximate surface area is 126 Å². The molecule has 1 unspecified atom stereocenters. The van der Waals surface area contributed by atoms with Crippen LogP contribution in [0.3, 0.4) is 0 Å². The molecule has 0 saturated carbocycles. The summed E-state index contributed by atoms with van der Waals surface area (Å²) >= 11 is 0. The van der Waals surface area contributed by atoms with Crippen molar-refractivity contribution in [1.82, 2.24) is 10.2 Å². The molecule has 21 heavy (non-hydrogen) atoms. The first-order valence-corrected chi connectivity index (χ1v) is 7.23. The van der Waals surface area contributed by atoms with Gasteiger partial charge in [0.1, 0.15) is 0 Å². The third-order valence-electron chi connectivity index (χ3n) is 3.44. The first-order chi connectivity index (χ1) is 9.93. The highest BCUT2D eigenvalue weighted by molar-refractivity contribution is 5.75. The maximum atomic E-state index is 11.8. The van der Waals surface area contributed by atoms with Gasteiger partial charge in [-0.25, -0.2) is 4.79 Å². The number of nitrogens with zero attached hydrogens (tertiary/aromatic N) is 1. The second-order valence-corrected chi connectivity index (χ2v) is 5.27. The van der Waals surface area contributed by atoms with Gasteiger partial charge in [-0.3, -0.25) is 4.79 Å². The summed E-state index contributed by atoms with van der Waals surface area (Å²) < 4.78 is 0. The molecule has 2 N–H and O–H groups in total. The smallest absolute Gasteiger partial charge is 0.317 e. The largest absolute Gasteiger partial charge is 0.481 e. The summed E-state index contributed by atoms with van der Waals surface area (Å²) in [5.41, 5.74) is 2.47. The van der Waals surface area contributed by atoms with E-state index in [4.69, 9.17) is 5.11 Å². The predicted molar refractivity (Wildman–Crippen MR) is 82.4 cm³/mol. The lowest BCUT2D eigenvalue weighted by Gasteiger charge is -2.20. The average molecular weight is 292 g/mol. The van der Waals surface area contributed by atoms with E-state index in [1.54, 1.807) is 14.0 Å². The molecule has 0 aliphatic heterocycles. The molecule has 1 rings (SSSR count). The van der Waals surface area contributed by atoms with Crippen molar-refractivity contribution in [3.8, 4) is 0 Å². The first-order valence-electron chi connectivity index (χ1n) is 7.23. The third-order valence-corrected chi connectivity index (χ3v) is 3.44. The zero-order valence-corrected chi connectivity index (χ0v) is 12.9. The number of benzene rings is 1. The molecule has 0 spiro atoms. The van der Waals surface area contributed by atoms with E-state index < -0.39 is 11.9 Å². The van der Waals surface area contributed by atoms with E-state index in [0.29, 0.717) is 6.54 Å². The molecule has 0 bridgehead atoms. The Morgan fingerprint density at radius 2 is 1.81 bits per heavy atom. The van der Waals surface area contributed by atoms with Crippen LogP contribution in [0.2, 0.25) is 0 Å². The van der Waals surface area contributed by atoms with Crippen LogP contribution in [0.1, 0.15) is 25.0 Å². The summed E-state index contributed by atoms with van der Waals surface area (Å²) in [5, 5.41) is 11.6. The Morgan fingerprint density at radius 3 is 2.33 bits per heavy atom. The Balaban J connectivity index is 2.33. The lowest BCUT2D eigenvalue weighted by molar-refractivity contribution is -0.141. The van der Waals surface area contributed by atoms with Gasteiger partial charge in [0.05, 0.1) is 5.92 Å². The molecule has 0 radical (unpaired) electrons. The van der Waals surface area contributed by atoms with Crippen LogP contribution in [-0.2, 0) is 17.6 Å². The zero-order valence-electron chi connectivity index (χ0n) is 12.9. The number of aryl methyl sites for hydroxylation is 1. The van der Waals surface area contributed by atoms with Gasteiger partial charge < -0.3 is 15.3 Å². The zero-order chi connectivity index (χ0) is 15.8. The highest BCUT2D eigenvalue weighted by Gasteiger charge is 2.16. The van der Waals surface area contributed by atoms with Crippen molar-refractivity contribution in [1.29, 1.82) is 0 Å².